The summed E-state index contributed by atoms with van der Waals surface area (Å²) in [4.78, 5) is 12.8. The summed E-state index contributed by atoms with van der Waals surface area (Å²) in [6.45, 7) is 0. The SMILES string of the molecule is [O-]N=Nc1nc(-c2ccccn2)nc2ccccc12. The Hall–Kier alpha value is -2.89. The van der Waals surface area contributed by atoms with E-state index in [0.29, 0.717) is 22.4 Å². The van der Waals surface area contributed by atoms with Crippen LogP contribution in [0.1, 0.15) is 0 Å². The number of rotatable bonds is 2. The highest BCUT2D eigenvalue weighted by atomic mass is 16.5. The second-order valence-corrected chi connectivity index (χ2v) is 3.78. The van der Waals surface area contributed by atoms with Gasteiger partial charge in [-0.15, -0.1) is 5.11 Å². The summed E-state index contributed by atoms with van der Waals surface area (Å²) in [5, 5.41) is 17.1. The van der Waals surface area contributed by atoms with Crippen LogP contribution in [0.5, 0.6) is 0 Å². The van der Waals surface area contributed by atoms with E-state index in [0.717, 1.165) is 0 Å². The predicted octanol–water partition coefficient (Wildman–Crippen LogP) is 3.27. The summed E-state index contributed by atoms with van der Waals surface area (Å²) in [5.74, 6) is 0.669. The molecule has 0 unspecified atom stereocenters. The summed E-state index contributed by atoms with van der Waals surface area (Å²) in [5.41, 5.74) is 1.32. The highest BCUT2D eigenvalue weighted by molar-refractivity contribution is 5.88. The third-order valence-electron chi connectivity index (χ3n) is 2.61. The van der Waals surface area contributed by atoms with Gasteiger partial charge in [-0.2, -0.15) is 0 Å². The van der Waals surface area contributed by atoms with Crippen LogP contribution in [0.4, 0.5) is 5.82 Å². The molecule has 0 fully saturated rings. The lowest BCUT2D eigenvalue weighted by Gasteiger charge is -2.04. The van der Waals surface area contributed by atoms with Crippen molar-refractivity contribution >= 4 is 16.7 Å². The van der Waals surface area contributed by atoms with E-state index in [1.54, 1.807) is 18.3 Å². The number of para-hydroxylation sites is 1. The molecule has 0 spiro atoms. The maximum absolute atomic E-state index is 10.4. The number of pyridine rings is 1. The minimum Gasteiger partial charge on any atom is -0.775 e. The highest BCUT2D eigenvalue weighted by Gasteiger charge is 2.08. The van der Waals surface area contributed by atoms with Gasteiger partial charge >= 0.3 is 0 Å². The summed E-state index contributed by atoms with van der Waals surface area (Å²) < 4.78 is 0. The van der Waals surface area contributed by atoms with Gasteiger partial charge in [-0.1, -0.05) is 18.2 Å². The summed E-state index contributed by atoms with van der Waals surface area (Å²) in [7, 11) is 0. The molecule has 92 valence electrons. The largest absolute Gasteiger partial charge is 0.775 e. The normalized spacial score (nSPS) is 11.2. The number of aromatic nitrogens is 3. The Morgan fingerprint density at radius 3 is 2.58 bits per heavy atom. The molecule has 0 radical (unpaired) electrons. The molecule has 1 aromatic carbocycles. The first-order valence-corrected chi connectivity index (χ1v) is 5.60. The molecular weight excluding hydrogens is 242 g/mol. The molecule has 2 aromatic heterocycles. The first-order valence-electron chi connectivity index (χ1n) is 5.60. The highest BCUT2D eigenvalue weighted by Crippen LogP contribution is 2.25. The molecule has 2 heterocycles. The lowest BCUT2D eigenvalue weighted by molar-refractivity contribution is 1.12. The van der Waals surface area contributed by atoms with Crippen molar-refractivity contribution in [2.24, 2.45) is 10.4 Å². The van der Waals surface area contributed by atoms with Crippen LogP contribution in [0.3, 0.4) is 0 Å². The molecule has 3 rings (SSSR count). The maximum atomic E-state index is 10.4. The lowest BCUT2D eigenvalue weighted by Crippen LogP contribution is -1.92. The van der Waals surface area contributed by atoms with Gasteiger partial charge in [0, 0.05) is 11.6 Å². The van der Waals surface area contributed by atoms with Gasteiger partial charge in [-0.3, -0.25) is 4.98 Å². The zero-order valence-corrected chi connectivity index (χ0v) is 9.76. The zero-order chi connectivity index (χ0) is 13.1. The van der Waals surface area contributed by atoms with Crippen LogP contribution >= 0.6 is 0 Å². The van der Waals surface area contributed by atoms with Gasteiger partial charge in [0.25, 0.3) is 0 Å². The smallest absolute Gasteiger partial charge is 0.185 e. The van der Waals surface area contributed by atoms with Crippen LogP contribution in [0.2, 0.25) is 0 Å². The minimum absolute atomic E-state index is 0.251. The van der Waals surface area contributed by atoms with Crippen molar-refractivity contribution in [1.29, 1.82) is 0 Å². The first kappa shape index (κ1) is 11.2. The fraction of sp³-hybridized carbons (Fsp3) is 0. The molecule has 0 aliphatic rings. The quantitative estimate of drug-likeness (QED) is 0.515. The number of fused-ring (bicyclic) bond motifs is 1. The average Bonchev–Trinajstić information content (AvgIpc) is 2.48. The summed E-state index contributed by atoms with van der Waals surface area (Å²) >= 11 is 0. The Morgan fingerprint density at radius 1 is 0.947 bits per heavy atom. The minimum atomic E-state index is 0.251. The molecule has 0 aliphatic heterocycles. The van der Waals surface area contributed by atoms with Gasteiger partial charge in [0.05, 0.1) is 5.52 Å². The second-order valence-electron chi connectivity index (χ2n) is 3.78. The van der Waals surface area contributed by atoms with E-state index in [1.807, 2.05) is 30.3 Å². The van der Waals surface area contributed by atoms with Crippen molar-refractivity contribution in [1.82, 2.24) is 15.0 Å². The molecule has 6 heteroatoms. The molecular formula is C13H8N5O-. The van der Waals surface area contributed by atoms with Gasteiger partial charge in [0.1, 0.15) is 5.69 Å². The Bertz CT molecular complexity index is 742. The molecule has 0 N–H and O–H groups in total. The fourth-order valence-corrected chi connectivity index (χ4v) is 1.78. The molecule has 0 amide bonds. The van der Waals surface area contributed by atoms with Crippen molar-refractivity contribution in [3.05, 3.63) is 53.9 Å². The van der Waals surface area contributed by atoms with E-state index < -0.39 is 0 Å². The number of benzene rings is 1. The van der Waals surface area contributed by atoms with Gasteiger partial charge in [-0.05, 0) is 24.3 Å². The second kappa shape index (κ2) is 4.77. The summed E-state index contributed by atoms with van der Waals surface area (Å²) in [6, 6.07) is 12.8. The standard InChI is InChI=1S/C13H9N5O/c19-18-17-12-9-5-1-2-6-10(9)15-13(16-12)11-7-3-4-8-14-11/h1-8H,(H,15,16,17,19)/p-1. The molecule has 0 aliphatic carbocycles. The van der Waals surface area contributed by atoms with Crippen molar-refractivity contribution < 1.29 is 0 Å². The maximum Gasteiger partial charge on any atom is 0.185 e. The first-order chi connectivity index (χ1) is 9.38. The van der Waals surface area contributed by atoms with Gasteiger partial charge in [-0.25, -0.2) is 15.2 Å². The van der Waals surface area contributed by atoms with Crippen LogP contribution in [0.15, 0.2) is 59.1 Å². The Morgan fingerprint density at radius 2 is 1.79 bits per heavy atom. The molecule has 0 saturated carbocycles. The van der Waals surface area contributed by atoms with Crippen LogP contribution in [0.25, 0.3) is 22.4 Å². The van der Waals surface area contributed by atoms with Crippen LogP contribution in [-0.4, -0.2) is 15.0 Å². The average molecular weight is 250 g/mol. The summed E-state index contributed by atoms with van der Waals surface area (Å²) in [6.07, 6.45) is 1.66. The molecule has 6 nitrogen and oxygen atoms in total. The van der Waals surface area contributed by atoms with Gasteiger partial charge in [0.2, 0.25) is 0 Å². The van der Waals surface area contributed by atoms with Crippen LogP contribution < -0.4 is 0 Å². The topological polar surface area (TPSA) is 86.5 Å². The van der Waals surface area contributed by atoms with E-state index in [2.05, 4.69) is 25.3 Å². The Labute approximate surface area is 108 Å². The predicted molar refractivity (Wildman–Crippen MR) is 70.7 cm³/mol. The van der Waals surface area contributed by atoms with Crippen molar-refractivity contribution in [3.63, 3.8) is 0 Å². The van der Waals surface area contributed by atoms with Crippen molar-refractivity contribution in [2.45, 2.75) is 0 Å². The molecule has 0 bridgehead atoms. The number of hydrogen-bond acceptors (Lipinski definition) is 6. The number of hydrogen-bond donors (Lipinski definition) is 0. The Balaban J connectivity index is 2.28. The molecule has 3 aromatic rings. The zero-order valence-electron chi connectivity index (χ0n) is 9.76. The third-order valence-corrected chi connectivity index (χ3v) is 2.61. The van der Waals surface area contributed by atoms with Gasteiger partial charge in [0.15, 0.2) is 11.6 Å². The molecule has 19 heavy (non-hydrogen) atoms. The van der Waals surface area contributed by atoms with Crippen molar-refractivity contribution in [3.8, 4) is 11.5 Å². The van der Waals surface area contributed by atoms with E-state index in [1.165, 1.54) is 0 Å². The van der Waals surface area contributed by atoms with E-state index in [9.17, 15) is 5.21 Å². The van der Waals surface area contributed by atoms with Gasteiger partial charge < -0.3 is 5.21 Å². The molecule has 0 saturated heterocycles. The molecule has 0 atom stereocenters. The van der Waals surface area contributed by atoms with Crippen LogP contribution in [0, 0.1) is 5.21 Å². The van der Waals surface area contributed by atoms with E-state index >= 15 is 0 Å². The van der Waals surface area contributed by atoms with Crippen LogP contribution in [-0.2, 0) is 0 Å². The van der Waals surface area contributed by atoms with E-state index in [4.69, 9.17) is 0 Å². The third kappa shape index (κ3) is 2.11. The van der Waals surface area contributed by atoms with E-state index in [-0.39, 0.29) is 5.82 Å². The number of nitrogens with zero attached hydrogens (tertiary/aromatic N) is 5. The fourth-order valence-electron chi connectivity index (χ4n) is 1.78. The monoisotopic (exact) mass is 250 g/mol. The lowest BCUT2D eigenvalue weighted by atomic mass is 10.2. The van der Waals surface area contributed by atoms with Crippen molar-refractivity contribution in [2.75, 3.05) is 0 Å². The Kier molecular flexibility index (Phi) is 2.82.